The number of aromatic nitrogens is 1. The molecule has 1 heterocycles. The Balaban J connectivity index is 2.09. The Hall–Kier alpha value is -2.29. The van der Waals surface area contributed by atoms with Gasteiger partial charge in [0, 0.05) is 5.69 Å². The fraction of sp³-hybridized carbons (Fsp3) is 0.0625. The monoisotopic (exact) mass is 244 g/mol. The maximum Gasteiger partial charge on any atom is 0.133 e. The van der Waals surface area contributed by atoms with Crippen molar-refractivity contribution in [2.75, 3.05) is 5.32 Å². The van der Waals surface area contributed by atoms with Crippen LogP contribution < -0.4 is 10.8 Å². The minimum atomic E-state index is 0.702. The average Bonchev–Trinajstić information content (AvgIpc) is 2.42. The summed E-state index contributed by atoms with van der Waals surface area (Å²) >= 11 is 0. The van der Waals surface area contributed by atoms with Crippen molar-refractivity contribution in [3.8, 4) is 0 Å². The summed E-state index contributed by atoms with van der Waals surface area (Å²) in [5.41, 5.74) is 3.66. The molecule has 2 nitrogen and oxygen atoms in total. The maximum atomic E-state index is 5.98. The SMILES string of the molecule is [B]c1cccc2cc(C)c(Nc3ccccc3)nc12. The maximum absolute atomic E-state index is 5.98. The first-order chi connectivity index (χ1) is 9.24. The lowest BCUT2D eigenvalue weighted by molar-refractivity contribution is 1.31. The standard InChI is InChI=1S/C16H13BN2/c1-11-10-12-6-5-9-14(17)15(12)19-16(11)18-13-7-3-2-4-8-13/h2-10H,1H3,(H,18,19). The molecule has 3 aromatic rings. The van der Waals surface area contributed by atoms with E-state index in [9.17, 15) is 0 Å². The van der Waals surface area contributed by atoms with Crippen LogP contribution in [-0.4, -0.2) is 12.8 Å². The van der Waals surface area contributed by atoms with Crippen LogP contribution in [0.25, 0.3) is 10.9 Å². The van der Waals surface area contributed by atoms with Crippen LogP contribution in [0.3, 0.4) is 0 Å². The van der Waals surface area contributed by atoms with E-state index in [4.69, 9.17) is 7.85 Å². The number of hydrogen-bond donors (Lipinski definition) is 1. The Labute approximate surface area is 113 Å². The fourth-order valence-corrected chi connectivity index (χ4v) is 2.11. The Morgan fingerprint density at radius 2 is 1.79 bits per heavy atom. The number of para-hydroxylation sites is 2. The smallest absolute Gasteiger partial charge is 0.133 e. The van der Waals surface area contributed by atoms with E-state index < -0.39 is 0 Å². The zero-order valence-corrected chi connectivity index (χ0v) is 10.7. The Bertz CT molecular complexity index is 723. The molecule has 90 valence electrons. The largest absolute Gasteiger partial charge is 0.340 e. The molecule has 19 heavy (non-hydrogen) atoms. The summed E-state index contributed by atoms with van der Waals surface area (Å²) < 4.78 is 0. The number of aryl methyl sites for hydroxylation is 1. The van der Waals surface area contributed by atoms with Gasteiger partial charge in [-0.05, 0) is 36.1 Å². The van der Waals surface area contributed by atoms with Crippen LogP contribution >= 0.6 is 0 Å². The van der Waals surface area contributed by atoms with Crippen molar-refractivity contribution >= 4 is 35.7 Å². The van der Waals surface area contributed by atoms with Gasteiger partial charge >= 0.3 is 0 Å². The number of fused-ring (bicyclic) bond motifs is 1. The van der Waals surface area contributed by atoms with Gasteiger partial charge in [0.15, 0.2) is 0 Å². The molecular formula is C16H13BN2. The van der Waals surface area contributed by atoms with Gasteiger partial charge in [-0.1, -0.05) is 41.9 Å². The van der Waals surface area contributed by atoms with Crippen molar-refractivity contribution in [3.05, 3.63) is 60.2 Å². The van der Waals surface area contributed by atoms with Crippen molar-refractivity contribution in [1.29, 1.82) is 0 Å². The summed E-state index contributed by atoms with van der Waals surface area (Å²) in [5.74, 6) is 0.844. The Morgan fingerprint density at radius 1 is 1.00 bits per heavy atom. The minimum Gasteiger partial charge on any atom is -0.340 e. The number of anilines is 2. The molecule has 3 heteroatoms. The van der Waals surface area contributed by atoms with Crippen molar-refractivity contribution in [1.82, 2.24) is 4.98 Å². The fourth-order valence-electron chi connectivity index (χ4n) is 2.11. The third-order valence-corrected chi connectivity index (χ3v) is 3.10. The second-order valence-corrected chi connectivity index (χ2v) is 4.56. The van der Waals surface area contributed by atoms with E-state index >= 15 is 0 Å². The van der Waals surface area contributed by atoms with Crippen molar-refractivity contribution in [2.24, 2.45) is 0 Å². The summed E-state index contributed by atoms with van der Waals surface area (Å²) in [4.78, 5) is 4.63. The molecule has 0 saturated carbocycles. The van der Waals surface area contributed by atoms with Crippen molar-refractivity contribution in [2.45, 2.75) is 6.92 Å². The topological polar surface area (TPSA) is 24.9 Å². The van der Waals surface area contributed by atoms with Gasteiger partial charge in [-0.2, -0.15) is 0 Å². The number of hydrogen-bond acceptors (Lipinski definition) is 2. The lowest BCUT2D eigenvalue weighted by Crippen LogP contribution is -2.07. The summed E-state index contributed by atoms with van der Waals surface area (Å²) in [7, 11) is 5.98. The van der Waals surface area contributed by atoms with E-state index in [-0.39, 0.29) is 0 Å². The van der Waals surface area contributed by atoms with Gasteiger partial charge in [0.05, 0.1) is 5.52 Å². The first-order valence-corrected chi connectivity index (χ1v) is 6.22. The van der Waals surface area contributed by atoms with Crippen molar-refractivity contribution < 1.29 is 0 Å². The van der Waals surface area contributed by atoms with Crippen LogP contribution in [0.15, 0.2) is 54.6 Å². The van der Waals surface area contributed by atoms with Gasteiger partial charge in [-0.3, -0.25) is 0 Å². The summed E-state index contributed by atoms with van der Waals surface area (Å²) in [5, 5.41) is 4.39. The molecule has 0 spiro atoms. The second kappa shape index (κ2) is 4.77. The van der Waals surface area contributed by atoms with Crippen LogP contribution in [0.2, 0.25) is 0 Å². The van der Waals surface area contributed by atoms with Gasteiger partial charge in [-0.15, -0.1) is 0 Å². The summed E-state index contributed by atoms with van der Waals surface area (Å²) in [6.07, 6.45) is 0. The molecule has 0 aliphatic rings. The van der Waals surface area contributed by atoms with E-state index in [1.807, 2.05) is 55.5 Å². The molecule has 0 aliphatic heterocycles. The summed E-state index contributed by atoms with van der Waals surface area (Å²) in [6.45, 7) is 2.04. The molecule has 0 bridgehead atoms. The lowest BCUT2D eigenvalue weighted by atomic mass is 9.93. The zero-order chi connectivity index (χ0) is 13.2. The number of pyridine rings is 1. The third kappa shape index (κ3) is 2.32. The first-order valence-electron chi connectivity index (χ1n) is 6.22. The lowest BCUT2D eigenvalue weighted by Gasteiger charge is -2.11. The number of rotatable bonds is 2. The highest BCUT2D eigenvalue weighted by Gasteiger charge is 2.05. The predicted octanol–water partition coefficient (Wildman–Crippen LogP) is 3.08. The van der Waals surface area contributed by atoms with Crippen LogP contribution in [0.5, 0.6) is 0 Å². The highest BCUT2D eigenvalue weighted by Crippen LogP contribution is 2.21. The van der Waals surface area contributed by atoms with Gasteiger partial charge in [0.2, 0.25) is 0 Å². The van der Waals surface area contributed by atoms with Crippen LogP contribution in [0.1, 0.15) is 5.56 Å². The average molecular weight is 244 g/mol. The van der Waals surface area contributed by atoms with E-state index in [0.29, 0.717) is 5.46 Å². The van der Waals surface area contributed by atoms with Gasteiger partial charge in [0.1, 0.15) is 13.7 Å². The molecule has 0 fully saturated rings. The molecule has 0 amide bonds. The summed E-state index contributed by atoms with van der Waals surface area (Å²) in [6, 6.07) is 17.9. The minimum absolute atomic E-state index is 0.702. The van der Waals surface area contributed by atoms with Gasteiger partial charge in [-0.25, -0.2) is 4.98 Å². The van der Waals surface area contributed by atoms with E-state index in [1.165, 1.54) is 0 Å². The third-order valence-electron chi connectivity index (χ3n) is 3.10. The normalized spacial score (nSPS) is 10.6. The number of nitrogens with zero attached hydrogens (tertiary/aromatic N) is 1. The van der Waals surface area contributed by atoms with Gasteiger partial charge < -0.3 is 5.32 Å². The molecule has 0 saturated heterocycles. The van der Waals surface area contributed by atoms with Gasteiger partial charge in [0.25, 0.3) is 0 Å². The number of benzene rings is 2. The molecule has 2 aromatic carbocycles. The number of nitrogens with one attached hydrogen (secondary N) is 1. The molecule has 3 rings (SSSR count). The van der Waals surface area contributed by atoms with Crippen LogP contribution in [-0.2, 0) is 0 Å². The molecular weight excluding hydrogens is 231 g/mol. The van der Waals surface area contributed by atoms with Crippen LogP contribution in [0, 0.1) is 6.92 Å². The Kier molecular flexibility index (Phi) is 2.96. The second-order valence-electron chi connectivity index (χ2n) is 4.56. The van der Waals surface area contributed by atoms with E-state index in [0.717, 1.165) is 28.0 Å². The van der Waals surface area contributed by atoms with Crippen molar-refractivity contribution in [3.63, 3.8) is 0 Å². The van der Waals surface area contributed by atoms with Crippen LogP contribution in [0.4, 0.5) is 11.5 Å². The first kappa shape index (κ1) is 11.8. The highest BCUT2D eigenvalue weighted by molar-refractivity contribution is 6.38. The highest BCUT2D eigenvalue weighted by atomic mass is 15.0. The molecule has 1 N–H and O–H groups in total. The molecule has 0 atom stereocenters. The predicted molar refractivity (Wildman–Crippen MR) is 81.6 cm³/mol. The quantitative estimate of drug-likeness (QED) is 0.700. The van der Waals surface area contributed by atoms with E-state index in [1.54, 1.807) is 0 Å². The van der Waals surface area contributed by atoms with E-state index in [2.05, 4.69) is 16.4 Å². The molecule has 0 unspecified atom stereocenters. The Morgan fingerprint density at radius 3 is 2.58 bits per heavy atom. The molecule has 2 radical (unpaired) electrons. The zero-order valence-electron chi connectivity index (χ0n) is 10.7. The molecule has 0 aliphatic carbocycles. The molecule has 1 aromatic heterocycles.